The van der Waals surface area contributed by atoms with E-state index in [1.54, 1.807) is 0 Å². The Morgan fingerprint density at radius 1 is 1.19 bits per heavy atom. The molecule has 0 radical (unpaired) electrons. The predicted molar refractivity (Wildman–Crippen MR) is 86.4 cm³/mol. The Balaban J connectivity index is 1.68. The molecule has 2 aliphatic carbocycles. The molecule has 1 N–H and O–H groups in total. The zero-order valence-electron chi connectivity index (χ0n) is 13.6. The van der Waals surface area contributed by atoms with Crippen LogP contribution in [0.5, 0.6) is 0 Å². The summed E-state index contributed by atoms with van der Waals surface area (Å²) in [6.45, 7) is 9.60. The SMILES string of the molecule is Cc1nc(N(CC2CC2)CC2CC2)ncc1CNC(C)C. The minimum absolute atomic E-state index is 0.491. The zero-order chi connectivity index (χ0) is 14.8. The van der Waals surface area contributed by atoms with E-state index < -0.39 is 0 Å². The van der Waals surface area contributed by atoms with Crippen molar-refractivity contribution in [2.75, 3.05) is 18.0 Å². The van der Waals surface area contributed by atoms with Crippen LogP contribution in [0.2, 0.25) is 0 Å². The molecule has 4 nitrogen and oxygen atoms in total. The maximum Gasteiger partial charge on any atom is 0.225 e. The van der Waals surface area contributed by atoms with Crippen LogP contribution in [0.15, 0.2) is 6.20 Å². The molecule has 1 aromatic heterocycles. The first-order valence-corrected chi connectivity index (χ1v) is 8.42. The van der Waals surface area contributed by atoms with Crippen LogP contribution in [0.25, 0.3) is 0 Å². The number of aromatic nitrogens is 2. The van der Waals surface area contributed by atoms with Crippen molar-refractivity contribution in [2.24, 2.45) is 11.8 Å². The quantitative estimate of drug-likeness (QED) is 0.798. The third-order valence-corrected chi connectivity index (χ3v) is 4.40. The summed E-state index contributed by atoms with van der Waals surface area (Å²) < 4.78 is 0. The average molecular weight is 288 g/mol. The lowest BCUT2D eigenvalue weighted by molar-refractivity contribution is 0.584. The zero-order valence-corrected chi connectivity index (χ0v) is 13.6. The molecule has 0 aromatic carbocycles. The molecule has 3 rings (SSSR count). The molecule has 4 heteroatoms. The minimum atomic E-state index is 0.491. The van der Waals surface area contributed by atoms with Crippen LogP contribution in [0.1, 0.15) is 50.8 Å². The smallest absolute Gasteiger partial charge is 0.225 e. The van der Waals surface area contributed by atoms with Crippen LogP contribution in [-0.2, 0) is 6.54 Å². The Labute approximate surface area is 128 Å². The summed E-state index contributed by atoms with van der Waals surface area (Å²) in [7, 11) is 0. The Morgan fingerprint density at radius 2 is 1.81 bits per heavy atom. The molecule has 2 fully saturated rings. The Kier molecular flexibility index (Phi) is 4.43. The molecule has 116 valence electrons. The van der Waals surface area contributed by atoms with Gasteiger partial charge in [0.2, 0.25) is 5.95 Å². The summed E-state index contributed by atoms with van der Waals surface area (Å²) in [5, 5.41) is 3.44. The lowest BCUT2D eigenvalue weighted by atomic mass is 10.2. The van der Waals surface area contributed by atoms with Gasteiger partial charge < -0.3 is 10.2 Å². The Morgan fingerprint density at radius 3 is 2.29 bits per heavy atom. The first kappa shape index (κ1) is 14.8. The maximum atomic E-state index is 4.79. The molecule has 0 spiro atoms. The van der Waals surface area contributed by atoms with E-state index in [1.165, 1.54) is 31.2 Å². The van der Waals surface area contributed by atoms with E-state index in [2.05, 4.69) is 36.0 Å². The predicted octanol–water partition coefficient (Wildman–Crippen LogP) is 2.91. The highest BCUT2D eigenvalue weighted by molar-refractivity contribution is 5.34. The molecule has 0 aliphatic heterocycles. The molecule has 0 bridgehead atoms. The number of nitrogens with zero attached hydrogens (tertiary/aromatic N) is 3. The maximum absolute atomic E-state index is 4.79. The summed E-state index contributed by atoms with van der Waals surface area (Å²) in [6.07, 6.45) is 7.56. The fourth-order valence-corrected chi connectivity index (χ4v) is 2.58. The van der Waals surface area contributed by atoms with E-state index in [0.29, 0.717) is 6.04 Å². The highest BCUT2D eigenvalue weighted by Crippen LogP contribution is 2.34. The molecule has 0 unspecified atom stereocenters. The Bertz CT molecular complexity index is 464. The van der Waals surface area contributed by atoms with E-state index >= 15 is 0 Å². The second-order valence-corrected chi connectivity index (χ2v) is 7.11. The first-order valence-electron chi connectivity index (χ1n) is 8.42. The van der Waals surface area contributed by atoms with Gasteiger partial charge in [-0.25, -0.2) is 9.97 Å². The molecule has 1 heterocycles. The van der Waals surface area contributed by atoms with Gasteiger partial charge in [-0.3, -0.25) is 0 Å². The molecule has 0 atom stereocenters. The molecule has 1 aromatic rings. The summed E-state index contributed by atoms with van der Waals surface area (Å²) in [6, 6.07) is 0.491. The summed E-state index contributed by atoms with van der Waals surface area (Å²) >= 11 is 0. The fraction of sp³-hybridized carbons (Fsp3) is 0.765. The number of nitrogens with one attached hydrogen (secondary N) is 1. The van der Waals surface area contributed by atoms with Crippen molar-refractivity contribution < 1.29 is 0 Å². The van der Waals surface area contributed by atoms with E-state index in [0.717, 1.165) is 43.1 Å². The van der Waals surface area contributed by atoms with Crippen LogP contribution >= 0.6 is 0 Å². The standard InChI is InChI=1S/C17H28N4/c1-12(2)18-8-16-9-19-17(20-13(16)3)21(10-14-4-5-14)11-15-6-7-15/h9,12,14-15,18H,4-8,10-11H2,1-3H3. The van der Waals surface area contributed by atoms with Crippen molar-refractivity contribution >= 4 is 5.95 Å². The van der Waals surface area contributed by atoms with Crippen LogP contribution in [0.3, 0.4) is 0 Å². The molecule has 0 amide bonds. The number of aryl methyl sites for hydroxylation is 1. The third-order valence-electron chi connectivity index (χ3n) is 4.40. The molecule has 0 saturated heterocycles. The van der Waals surface area contributed by atoms with Crippen molar-refractivity contribution in [1.82, 2.24) is 15.3 Å². The molecule has 2 saturated carbocycles. The lowest BCUT2D eigenvalue weighted by Crippen LogP contribution is -2.30. The number of rotatable bonds is 8. The van der Waals surface area contributed by atoms with E-state index in [-0.39, 0.29) is 0 Å². The van der Waals surface area contributed by atoms with Gasteiger partial charge >= 0.3 is 0 Å². The normalized spacial score (nSPS) is 18.3. The van der Waals surface area contributed by atoms with Gasteiger partial charge in [0.15, 0.2) is 0 Å². The second-order valence-electron chi connectivity index (χ2n) is 7.11. The monoisotopic (exact) mass is 288 g/mol. The van der Waals surface area contributed by atoms with Crippen LogP contribution in [-0.4, -0.2) is 29.1 Å². The van der Waals surface area contributed by atoms with Gasteiger partial charge in [0.05, 0.1) is 0 Å². The van der Waals surface area contributed by atoms with Gasteiger partial charge in [-0.15, -0.1) is 0 Å². The van der Waals surface area contributed by atoms with E-state index in [1.807, 2.05) is 6.20 Å². The van der Waals surface area contributed by atoms with Gasteiger partial charge in [-0.05, 0) is 44.4 Å². The average Bonchev–Trinajstić information content (AvgIpc) is 3.31. The van der Waals surface area contributed by atoms with Crippen molar-refractivity contribution in [3.63, 3.8) is 0 Å². The minimum Gasteiger partial charge on any atom is -0.340 e. The number of hydrogen-bond donors (Lipinski definition) is 1. The highest BCUT2D eigenvalue weighted by Gasteiger charge is 2.30. The first-order chi connectivity index (χ1) is 10.1. The van der Waals surface area contributed by atoms with Crippen molar-refractivity contribution in [2.45, 2.75) is 59.0 Å². The number of hydrogen-bond acceptors (Lipinski definition) is 4. The molecule has 21 heavy (non-hydrogen) atoms. The summed E-state index contributed by atoms with van der Waals surface area (Å²) in [5.41, 5.74) is 2.33. The van der Waals surface area contributed by atoms with Gasteiger partial charge in [0.25, 0.3) is 0 Å². The molecule has 2 aliphatic rings. The van der Waals surface area contributed by atoms with Crippen LogP contribution < -0.4 is 10.2 Å². The van der Waals surface area contributed by atoms with Crippen molar-refractivity contribution in [3.05, 3.63) is 17.5 Å². The van der Waals surface area contributed by atoms with Gasteiger partial charge in [-0.1, -0.05) is 13.8 Å². The highest BCUT2D eigenvalue weighted by atomic mass is 15.3. The van der Waals surface area contributed by atoms with Gasteiger partial charge in [-0.2, -0.15) is 0 Å². The number of anilines is 1. The van der Waals surface area contributed by atoms with Crippen molar-refractivity contribution in [1.29, 1.82) is 0 Å². The lowest BCUT2D eigenvalue weighted by Gasteiger charge is -2.23. The van der Waals surface area contributed by atoms with Gasteiger partial charge in [0, 0.05) is 43.1 Å². The third kappa shape index (κ3) is 4.40. The summed E-state index contributed by atoms with van der Waals surface area (Å²) in [5.74, 6) is 2.71. The topological polar surface area (TPSA) is 41.1 Å². The molecular weight excluding hydrogens is 260 g/mol. The van der Waals surface area contributed by atoms with Gasteiger partial charge in [0.1, 0.15) is 0 Å². The molecular formula is C17H28N4. The summed E-state index contributed by atoms with van der Waals surface area (Å²) in [4.78, 5) is 11.9. The Hall–Kier alpha value is -1.16. The van der Waals surface area contributed by atoms with Crippen LogP contribution in [0, 0.1) is 18.8 Å². The van der Waals surface area contributed by atoms with E-state index in [9.17, 15) is 0 Å². The van der Waals surface area contributed by atoms with E-state index in [4.69, 9.17) is 4.98 Å². The van der Waals surface area contributed by atoms with Crippen molar-refractivity contribution in [3.8, 4) is 0 Å². The van der Waals surface area contributed by atoms with Crippen LogP contribution in [0.4, 0.5) is 5.95 Å². The second kappa shape index (κ2) is 6.30. The fourth-order valence-electron chi connectivity index (χ4n) is 2.58. The largest absolute Gasteiger partial charge is 0.340 e.